The molecule has 0 atom stereocenters. The predicted molar refractivity (Wildman–Crippen MR) is 81.7 cm³/mol. The van der Waals surface area contributed by atoms with Gasteiger partial charge >= 0.3 is 0 Å². The number of H-pyrrole nitrogens is 1. The van der Waals surface area contributed by atoms with E-state index in [1.807, 2.05) is 35.2 Å². The van der Waals surface area contributed by atoms with Crippen LogP contribution >= 0.6 is 0 Å². The standard InChI is InChI=1S/C17H20N2O2/c1-21-16-7-3-2-5-14(16)13-8-11-19(12-9-13)17(20)15-6-4-10-18-15/h2-7,10,13,18H,8-9,11-12H2,1H3. The summed E-state index contributed by atoms with van der Waals surface area (Å²) in [4.78, 5) is 17.2. The number of rotatable bonds is 3. The van der Waals surface area contributed by atoms with Gasteiger partial charge in [-0.25, -0.2) is 0 Å². The van der Waals surface area contributed by atoms with Crippen molar-refractivity contribution in [1.82, 2.24) is 9.88 Å². The molecule has 1 fully saturated rings. The van der Waals surface area contributed by atoms with Crippen molar-refractivity contribution < 1.29 is 9.53 Å². The lowest BCUT2D eigenvalue weighted by Gasteiger charge is -2.32. The van der Waals surface area contributed by atoms with Gasteiger partial charge in [-0.3, -0.25) is 4.79 Å². The van der Waals surface area contributed by atoms with Crippen molar-refractivity contribution in [3.8, 4) is 5.75 Å². The number of piperidine rings is 1. The lowest BCUT2D eigenvalue weighted by molar-refractivity contribution is 0.0707. The van der Waals surface area contributed by atoms with Crippen LogP contribution in [0.2, 0.25) is 0 Å². The molecule has 0 bridgehead atoms. The minimum absolute atomic E-state index is 0.0958. The number of carbonyl (C=O) groups excluding carboxylic acids is 1. The normalized spacial score (nSPS) is 16.0. The van der Waals surface area contributed by atoms with Crippen molar-refractivity contribution in [2.75, 3.05) is 20.2 Å². The van der Waals surface area contributed by atoms with Gasteiger partial charge in [0.15, 0.2) is 0 Å². The Labute approximate surface area is 124 Å². The van der Waals surface area contributed by atoms with Crippen molar-refractivity contribution in [3.05, 3.63) is 53.9 Å². The highest BCUT2D eigenvalue weighted by atomic mass is 16.5. The minimum atomic E-state index is 0.0958. The molecular formula is C17H20N2O2. The molecule has 0 saturated carbocycles. The van der Waals surface area contributed by atoms with Gasteiger partial charge in [-0.2, -0.15) is 0 Å². The maximum atomic E-state index is 12.3. The first-order valence-electron chi connectivity index (χ1n) is 7.35. The molecule has 2 aromatic rings. The zero-order chi connectivity index (χ0) is 14.7. The fourth-order valence-corrected chi connectivity index (χ4v) is 3.03. The highest BCUT2D eigenvalue weighted by Gasteiger charge is 2.26. The van der Waals surface area contributed by atoms with Crippen LogP contribution in [0.15, 0.2) is 42.6 Å². The van der Waals surface area contributed by atoms with E-state index in [0.717, 1.165) is 31.7 Å². The minimum Gasteiger partial charge on any atom is -0.496 e. The van der Waals surface area contributed by atoms with Gasteiger partial charge in [0.2, 0.25) is 0 Å². The molecule has 1 N–H and O–H groups in total. The summed E-state index contributed by atoms with van der Waals surface area (Å²) in [6.07, 6.45) is 3.74. The second kappa shape index (κ2) is 6.04. The molecule has 4 nitrogen and oxygen atoms in total. The molecule has 2 heterocycles. The zero-order valence-electron chi connectivity index (χ0n) is 12.2. The van der Waals surface area contributed by atoms with E-state index in [4.69, 9.17) is 4.74 Å². The molecule has 1 aliphatic heterocycles. The van der Waals surface area contributed by atoms with Gasteiger partial charge in [-0.1, -0.05) is 18.2 Å². The van der Waals surface area contributed by atoms with E-state index in [9.17, 15) is 4.79 Å². The van der Waals surface area contributed by atoms with Crippen LogP contribution < -0.4 is 4.74 Å². The molecule has 1 aliphatic rings. The number of hydrogen-bond acceptors (Lipinski definition) is 2. The Morgan fingerprint density at radius 3 is 2.62 bits per heavy atom. The number of aromatic nitrogens is 1. The summed E-state index contributed by atoms with van der Waals surface area (Å²) >= 11 is 0. The fraction of sp³-hybridized carbons (Fsp3) is 0.353. The Morgan fingerprint density at radius 2 is 1.95 bits per heavy atom. The molecule has 0 radical (unpaired) electrons. The number of aromatic amines is 1. The number of likely N-dealkylation sites (tertiary alicyclic amines) is 1. The number of ether oxygens (including phenoxy) is 1. The maximum Gasteiger partial charge on any atom is 0.270 e. The topological polar surface area (TPSA) is 45.3 Å². The van der Waals surface area contributed by atoms with E-state index in [1.54, 1.807) is 13.3 Å². The molecular weight excluding hydrogens is 264 g/mol. The van der Waals surface area contributed by atoms with E-state index in [0.29, 0.717) is 11.6 Å². The zero-order valence-corrected chi connectivity index (χ0v) is 12.2. The van der Waals surface area contributed by atoms with Gasteiger partial charge in [0, 0.05) is 19.3 Å². The van der Waals surface area contributed by atoms with Gasteiger partial charge in [-0.05, 0) is 42.5 Å². The highest BCUT2D eigenvalue weighted by molar-refractivity contribution is 5.92. The molecule has 0 aliphatic carbocycles. The molecule has 1 amide bonds. The Bertz CT molecular complexity index is 599. The first-order chi connectivity index (χ1) is 10.3. The molecule has 21 heavy (non-hydrogen) atoms. The summed E-state index contributed by atoms with van der Waals surface area (Å²) in [5.41, 5.74) is 1.93. The number of hydrogen-bond donors (Lipinski definition) is 1. The number of nitrogens with one attached hydrogen (secondary N) is 1. The maximum absolute atomic E-state index is 12.3. The number of amides is 1. The summed E-state index contributed by atoms with van der Waals surface area (Å²) in [5, 5.41) is 0. The summed E-state index contributed by atoms with van der Waals surface area (Å²) in [6.45, 7) is 1.58. The monoisotopic (exact) mass is 284 g/mol. The molecule has 1 aromatic carbocycles. The molecule has 110 valence electrons. The molecule has 1 saturated heterocycles. The molecule has 0 unspecified atom stereocenters. The van der Waals surface area contributed by atoms with Crippen molar-refractivity contribution >= 4 is 5.91 Å². The lowest BCUT2D eigenvalue weighted by Crippen LogP contribution is -2.38. The van der Waals surface area contributed by atoms with Gasteiger partial charge in [0.1, 0.15) is 11.4 Å². The Balaban J connectivity index is 1.66. The summed E-state index contributed by atoms with van der Waals surface area (Å²) < 4.78 is 5.45. The Morgan fingerprint density at radius 1 is 1.19 bits per heavy atom. The van der Waals surface area contributed by atoms with Gasteiger partial charge in [0.05, 0.1) is 7.11 Å². The lowest BCUT2D eigenvalue weighted by atomic mass is 9.88. The van der Waals surface area contributed by atoms with E-state index in [1.165, 1.54) is 5.56 Å². The molecule has 0 spiro atoms. The number of para-hydroxylation sites is 1. The number of nitrogens with zero attached hydrogens (tertiary/aromatic N) is 1. The SMILES string of the molecule is COc1ccccc1C1CCN(C(=O)c2ccc[nH]2)CC1. The number of benzene rings is 1. The quantitative estimate of drug-likeness (QED) is 0.941. The van der Waals surface area contributed by atoms with Crippen LogP contribution in [0.4, 0.5) is 0 Å². The average molecular weight is 284 g/mol. The van der Waals surface area contributed by atoms with Crippen LogP contribution in [0.1, 0.15) is 34.8 Å². The highest BCUT2D eigenvalue weighted by Crippen LogP contribution is 2.34. The van der Waals surface area contributed by atoms with Crippen LogP contribution in [-0.2, 0) is 0 Å². The van der Waals surface area contributed by atoms with Crippen molar-refractivity contribution in [3.63, 3.8) is 0 Å². The van der Waals surface area contributed by atoms with Gasteiger partial charge < -0.3 is 14.6 Å². The fourth-order valence-electron chi connectivity index (χ4n) is 3.03. The van der Waals surface area contributed by atoms with E-state index in [-0.39, 0.29) is 5.91 Å². The van der Waals surface area contributed by atoms with E-state index < -0.39 is 0 Å². The first kappa shape index (κ1) is 13.7. The second-order valence-electron chi connectivity index (χ2n) is 5.39. The summed E-state index contributed by atoms with van der Waals surface area (Å²) in [6, 6.07) is 11.9. The largest absolute Gasteiger partial charge is 0.496 e. The third kappa shape index (κ3) is 2.79. The second-order valence-corrected chi connectivity index (χ2v) is 5.39. The van der Waals surface area contributed by atoms with Crippen LogP contribution in [-0.4, -0.2) is 36.0 Å². The van der Waals surface area contributed by atoms with Crippen LogP contribution in [0, 0.1) is 0 Å². The van der Waals surface area contributed by atoms with E-state index >= 15 is 0 Å². The molecule has 3 rings (SSSR count). The van der Waals surface area contributed by atoms with E-state index in [2.05, 4.69) is 11.1 Å². The van der Waals surface area contributed by atoms with Crippen molar-refractivity contribution in [2.45, 2.75) is 18.8 Å². The Kier molecular flexibility index (Phi) is 3.95. The molecule has 4 heteroatoms. The predicted octanol–water partition coefficient (Wildman–Crippen LogP) is 3.04. The number of carbonyl (C=O) groups is 1. The van der Waals surface area contributed by atoms with Crippen molar-refractivity contribution in [1.29, 1.82) is 0 Å². The first-order valence-corrected chi connectivity index (χ1v) is 7.35. The van der Waals surface area contributed by atoms with Crippen molar-refractivity contribution in [2.24, 2.45) is 0 Å². The van der Waals surface area contributed by atoms with Gasteiger partial charge in [0.25, 0.3) is 5.91 Å². The van der Waals surface area contributed by atoms with Crippen LogP contribution in [0.5, 0.6) is 5.75 Å². The third-order valence-corrected chi connectivity index (χ3v) is 4.19. The summed E-state index contributed by atoms with van der Waals surface area (Å²) in [7, 11) is 1.71. The molecule has 1 aromatic heterocycles. The average Bonchev–Trinajstić information content (AvgIpc) is 3.09. The Hall–Kier alpha value is -2.23. The summed E-state index contributed by atoms with van der Waals surface area (Å²) in [5.74, 6) is 1.51. The number of methoxy groups -OCH3 is 1. The third-order valence-electron chi connectivity index (χ3n) is 4.19. The smallest absolute Gasteiger partial charge is 0.270 e. The van der Waals surface area contributed by atoms with Crippen LogP contribution in [0.25, 0.3) is 0 Å². The van der Waals surface area contributed by atoms with Gasteiger partial charge in [-0.15, -0.1) is 0 Å². The van der Waals surface area contributed by atoms with Crippen LogP contribution in [0.3, 0.4) is 0 Å².